The van der Waals surface area contributed by atoms with Crippen molar-refractivity contribution in [1.29, 1.82) is 0 Å². The summed E-state index contributed by atoms with van der Waals surface area (Å²) in [5.41, 5.74) is 0.583. The third-order valence-corrected chi connectivity index (χ3v) is 3.16. The van der Waals surface area contributed by atoms with Crippen LogP contribution in [-0.2, 0) is 6.54 Å². The summed E-state index contributed by atoms with van der Waals surface area (Å²) < 4.78 is 6.41. The van der Waals surface area contributed by atoms with Gasteiger partial charge in [-0.25, -0.2) is 0 Å². The first-order chi connectivity index (χ1) is 6.18. The van der Waals surface area contributed by atoms with Gasteiger partial charge in [-0.3, -0.25) is 0 Å². The predicted molar refractivity (Wildman–Crippen MR) is 60.5 cm³/mol. The molecule has 1 aliphatic carbocycles. The second-order valence-electron chi connectivity index (χ2n) is 4.12. The lowest BCUT2D eigenvalue weighted by Gasteiger charge is -2.07. The standard InChI is InChI=1S/C10H14INO/c1-10(4-5-10)7-12-6-8-2-3-9(11)13-8/h2-3,12H,4-7H2,1H3. The molecule has 1 aliphatic rings. The van der Waals surface area contributed by atoms with Crippen molar-refractivity contribution >= 4 is 22.6 Å². The van der Waals surface area contributed by atoms with Crippen LogP contribution in [0.3, 0.4) is 0 Å². The fraction of sp³-hybridized carbons (Fsp3) is 0.600. The van der Waals surface area contributed by atoms with Gasteiger partial charge in [-0.1, -0.05) is 6.92 Å². The quantitative estimate of drug-likeness (QED) is 0.863. The highest BCUT2D eigenvalue weighted by molar-refractivity contribution is 14.1. The van der Waals surface area contributed by atoms with E-state index in [1.807, 2.05) is 12.1 Å². The van der Waals surface area contributed by atoms with Gasteiger partial charge in [-0.15, -0.1) is 0 Å². The van der Waals surface area contributed by atoms with Crippen LogP contribution in [0.5, 0.6) is 0 Å². The Hall–Kier alpha value is -0.0300. The van der Waals surface area contributed by atoms with Gasteiger partial charge in [0.05, 0.1) is 6.54 Å². The number of hydrogen-bond donors (Lipinski definition) is 1. The van der Waals surface area contributed by atoms with Crippen LogP contribution in [-0.4, -0.2) is 6.54 Å². The van der Waals surface area contributed by atoms with Crippen LogP contribution in [0.15, 0.2) is 16.5 Å². The molecule has 1 N–H and O–H groups in total. The van der Waals surface area contributed by atoms with Crippen LogP contribution < -0.4 is 5.32 Å². The van der Waals surface area contributed by atoms with Gasteiger partial charge in [0.2, 0.25) is 0 Å². The van der Waals surface area contributed by atoms with Gasteiger partial charge in [0.15, 0.2) is 3.77 Å². The summed E-state index contributed by atoms with van der Waals surface area (Å²) in [7, 11) is 0. The van der Waals surface area contributed by atoms with E-state index >= 15 is 0 Å². The number of furan rings is 1. The van der Waals surface area contributed by atoms with Gasteiger partial charge in [-0.2, -0.15) is 0 Å². The molecule has 2 rings (SSSR count). The maximum absolute atomic E-state index is 5.44. The van der Waals surface area contributed by atoms with E-state index in [1.54, 1.807) is 0 Å². The first-order valence-corrected chi connectivity index (χ1v) is 5.71. The summed E-state index contributed by atoms with van der Waals surface area (Å²) in [6, 6.07) is 4.03. The average Bonchev–Trinajstić information content (AvgIpc) is 2.65. The molecule has 0 bridgehead atoms. The highest BCUT2D eigenvalue weighted by atomic mass is 127. The highest BCUT2D eigenvalue weighted by Gasteiger charge is 2.36. The van der Waals surface area contributed by atoms with Gasteiger partial charge >= 0.3 is 0 Å². The van der Waals surface area contributed by atoms with Crippen LogP contribution in [0.25, 0.3) is 0 Å². The molecule has 0 unspecified atom stereocenters. The van der Waals surface area contributed by atoms with Gasteiger partial charge < -0.3 is 9.73 Å². The molecule has 0 amide bonds. The first-order valence-electron chi connectivity index (χ1n) is 4.63. The second-order valence-corrected chi connectivity index (χ2v) is 5.18. The third-order valence-electron chi connectivity index (χ3n) is 2.58. The van der Waals surface area contributed by atoms with Gasteiger partial charge in [0.25, 0.3) is 0 Å². The molecule has 0 aromatic carbocycles. The van der Waals surface area contributed by atoms with E-state index in [0.29, 0.717) is 5.41 Å². The minimum atomic E-state index is 0.583. The van der Waals surface area contributed by atoms with Crippen molar-refractivity contribution in [3.8, 4) is 0 Å². The molecule has 0 spiro atoms. The van der Waals surface area contributed by atoms with Crippen molar-refractivity contribution in [3.05, 3.63) is 21.7 Å². The zero-order chi connectivity index (χ0) is 9.31. The smallest absolute Gasteiger partial charge is 0.164 e. The lowest BCUT2D eigenvalue weighted by Crippen LogP contribution is -2.21. The van der Waals surface area contributed by atoms with E-state index in [9.17, 15) is 0 Å². The third kappa shape index (κ3) is 2.71. The predicted octanol–water partition coefficient (Wildman–Crippen LogP) is 2.77. The molecule has 3 heteroatoms. The molecule has 1 heterocycles. The summed E-state index contributed by atoms with van der Waals surface area (Å²) in [5, 5.41) is 3.42. The summed E-state index contributed by atoms with van der Waals surface area (Å²) in [4.78, 5) is 0. The zero-order valence-corrected chi connectivity index (χ0v) is 9.93. The van der Waals surface area contributed by atoms with E-state index < -0.39 is 0 Å². The molecule has 1 aromatic rings. The van der Waals surface area contributed by atoms with E-state index in [2.05, 4.69) is 34.8 Å². The maximum atomic E-state index is 5.44. The van der Waals surface area contributed by atoms with Crippen molar-refractivity contribution in [2.75, 3.05) is 6.54 Å². The lowest BCUT2D eigenvalue weighted by atomic mass is 10.1. The van der Waals surface area contributed by atoms with Crippen LogP contribution in [0.1, 0.15) is 25.5 Å². The Morgan fingerprint density at radius 1 is 1.54 bits per heavy atom. The molecular weight excluding hydrogens is 277 g/mol. The Labute approximate surface area is 92.2 Å². The van der Waals surface area contributed by atoms with Gasteiger partial charge in [0, 0.05) is 6.54 Å². The van der Waals surface area contributed by atoms with Crippen molar-refractivity contribution < 1.29 is 4.42 Å². The molecule has 0 atom stereocenters. The molecule has 0 aliphatic heterocycles. The summed E-state index contributed by atoms with van der Waals surface area (Å²) in [5.74, 6) is 1.04. The van der Waals surface area contributed by atoms with E-state index in [1.165, 1.54) is 12.8 Å². The SMILES string of the molecule is CC1(CNCc2ccc(I)o2)CC1. The summed E-state index contributed by atoms with van der Waals surface area (Å²) >= 11 is 2.19. The van der Waals surface area contributed by atoms with Crippen molar-refractivity contribution in [1.82, 2.24) is 5.32 Å². The van der Waals surface area contributed by atoms with E-state index in [-0.39, 0.29) is 0 Å². The van der Waals surface area contributed by atoms with E-state index in [4.69, 9.17) is 4.42 Å². The van der Waals surface area contributed by atoms with Crippen molar-refractivity contribution in [3.63, 3.8) is 0 Å². The zero-order valence-electron chi connectivity index (χ0n) is 7.77. The molecule has 1 aromatic heterocycles. The minimum Gasteiger partial charge on any atom is -0.454 e. The Morgan fingerprint density at radius 3 is 2.85 bits per heavy atom. The van der Waals surface area contributed by atoms with Crippen molar-refractivity contribution in [2.45, 2.75) is 26.3 Å². The van der Waals surface area contributed by atoms with Crippen molar-refractivity contribution in [2.24, 2.45) is 5.41 Å². The number of hydrogen-bond acceptors (Lipinski definition) is 2. The largest absolute Gasteiger partial charge is 0.454 e. The average molecular weight is 291 g/mol. The van der Waals surface area contributed by atoms with Gasteiger partial charge in [0.1, 0.15) is 5.76 Å². The highest BCUT2D eigenvalue weighted by Crippen LogP contribution is 2.44. The lowest BCUT2D eigenvalue weighted by molar-refractivity contribution is 0.435. The number of rotatable bonds is 4. The van der Waals surface area contributed by atoms with Crippen LogP contribution in [0.4, 0.5) is 0 Å². The molecule has 72 valence electrons. The second kappa shape index (κ2) is 3.61. The monoisotopic (exact) mass is 291 g/mol. The summed E-state index contributed by atoms with van der Waals surface area (Å²) in [6.07, 6.45) is 2.74. The Bertz CT molecular complexity index is 291. The molecule has 1 saturated carbocycles. The molecule has 0 radical (unpaired) electrons. The van der Waals surface area contributed by atoms with Crippen LogP contribution in [0.2, 0.25) is 0 Å². The molecular formula is C10H14INO. The normalized spacial score (nSPS) is 18.9. The fourth-order valence-corrected chi connectivity index (χ4v) is 1.79. The minimum absolute atomic E-state index is 0.583. The molecule has 13 heavy (non-hydrogen) atoms. The molecule has 0 saturated heterocycles. The maximum Gasteiger partial charge on any atom is 0.164 e. The Morgan fingerprint density at radius 2 is 2.31 bits per heavy atom. The van der Waals surface area contributed by atoms with E-state index in [0.717, 1.165) is 22.6 Å². The Kier molecular flexibility index (Phi) is 2.65. The Balaban J connectivity index is 1.73. The number of nitrogens with one attached hydrogen (secondary N) is 1. The molecule has 2 nitrogen and oxygen atoms in total. The fourth-order valence-electron chi connectivity index (χ4n) is 1.32. The molecule has 1 fully saturated rings. The number of halogens is 1. The topological polar surface area (TPSA) is 25.2 Å². The van der Waals surface area contributed by atoms with Gasteiger partial charge in [-0.05, 0) is 53.0 Å². The van der Waals surface area contributed by atoms with Crippen LogP contribution in [0, 0.1) is 9.18 Å². The summed E-state index contributed by atoms with van der Waals surface area (Å²) in [6.45, 7) is 4.30. The van der Waals surface area contributed by atoms with Crippen LogP contribution >= 0.6 is 22.6 Å². The first kappa shape index (κ1) is 9.52.